The minimum absolute atomic E-state index is 0.00106. The molecule has 2 N–H and O–H groups in total. The fourth-order valence-electron chi connectivity index (χ4n) is 1.41. The average Bonchev–Trinajstić information content (AvgIpc) is 2.27. The van der Waals surface area contributed by atoms with E-state index in [0.29, 0.717) is 6.54 Å². The van der Waals surface area contributed by atoms with Crippen LogP contribution in [0.1, 0.15) is 43.7 Å². The predicted octanol–water partition coefficient (Wildman–Crippen LogP) is 2.32. The molecule has 1 aromatic rings. The van der Waals surface area contributed by atoms with E-state index in [2.05, 4.69) is 32.9 Å². The number of hydrogen-bond donors (Lipinski definition) is 2. The number of amides is 1. The molecule has 0 aromatic carbocycles. The number of aromatic amines is 1. The number of aromatic nitrogens is 1. The van der Waals surface area contributed by atoms with Crippen LogP contribution < -0.4 is 10.9 Å². The van der Waals surface area contributed by atoms with Crippen LogP contribution in [-0.2, 0) is 6.42 Å². The van der Waals surface area contributed by atoms with Crippen LogP contribution in [0.15, 0.2) is 10.9 Å². The molecule has 0 atom stereocenters. The molecule has 0 aliphatic carbocycles. The number of carbonyl (C=O) groups is 1. The highest BCUT2D eigenvalue weighted by molar-refractivity contribution is 14.1. The number of pyridine rings is 1. The van der Waals surface area contributed by atoms with E-state index >= 15 is 0 Å². The lowest BCUT2D eigenvalue weighted by Crippen LogP contribution is -2.35. The Kier molecular flexibility index (Phi) is 4.95. The zero-order valence-corrected chi connectivity index (χ0v) is 13.3. The van der Waals surface area contributed by atoms with Crippen molar-refractivity contribution in [3.05, 3.63) is 31.2 Å². The third-order valence-corrected chi connectivity index (χ3v) is 3.41. The van der Waals surface area contributed by atoms with Crippen molar-refractivity contribution in [2.24, 2.45) is 5.41 Å². The van der Waals surface area contributed by atoms with Gasteiger partial charge in [-0.3, -0.25) is 9.59 Å². The maximum Gasteiger partial charge on any atom is 0.261 e. The molecule has 1 aromatic heterocycles. The lowest BCUT2D eigenvalue weighted by atomic mass is 9.97. The number of nitrogens with one attached hydrogen (secondary N) is 2. The van der Waals surface area contributed by atoms with Crippen molar-refractivity contribution in [1.82, 2.24) is 10.3 Å². The van der Waals surface area contributed by atoms with Crippen LogP contribution >= 0.6 is 22.6 Å². The normalized spacial score (nSPS) is 11.4. The molecule has 4 nitrogen and oxygen atoms in total. The van der Waals surface area contributed by atoms with Crippen molar-refractivity contribution in [3.8, 4) is 0 Å². The first-order valence-electron chi connectivity index (χ1n) is 5.94. The molecule has 1 amide bonds. The first-order chi connectivity index (χ1) is 8.24. The van der Waals surface area contributed by atoms with Gasteiger partial charge in [-0.25, -0.2) is 0 Å². The number of H-pyrrole nitrogens is 1. The Balaban J connectivity index is 2.94. The largest absolute Gasteiger partial charge is 0.351 e. The first kappa shape index (κ1) is 15.2. The van der Waals surface area contributed by atoms with Crippen molar-refractivity contribution < 1.29 is 4.79 Å². The van der Waals surface area contributed by atoms with E-state index in [1.807, 2.05) is 27.7 Å². The van der Waals surface area contributed by atoms with Gasteiger partial charge in [0.15, 0.2) is 0 Å². The SMILES string of the molecule is CCc1[nH]c(=O)c(C(=O)NCC(C)(C)C)cc1I. The van der Waals surface area contributed by atoms with Gasteiger partial charge in [0.05, 0.1) is 0 Å². The number of hydrogen-bond acceptors (Lipinski definition) is 2. The standard InChI is InChI=1S/C13H19IN2O2/c1-5-10-9(14)6-8(12(18)16-10)11(17)15-7-13(2,3)4/h6H,5,7H2,1-4H3,(H,15,17)(H,16,18). The van der Waals surface area contributed by atoms with Gasteiger partial charge in [-0.05, 0) is 40.5 Å². The van der Waals surface area contributed by atoms with E-state index in [4.69, 9.17) is 0 Å². The van der Waals surface area contributed by atoms with Crippen LogP contribution in [0, 0.1) is 8.99 Å². The highest BCUT2D eigenvalue weighted by Gasteiger charge is 2.16. The van der Waals surface area contributed by atoms with E-state index < -0.39 is 0 Å². The number of aryl methyl sites for hydroxylation is 1. The van der Waals surface area contributed by atoms with Gasteiger partial charge in [-0.2, -0.15) is 0 Å². The zero-order chi connectivity index (χ0) is 13.9. The third kappa shape index (κ3) is 4.12. The van der Waals surface area contributed by atoms with E-state index in [-0.39, 0.29) is 22.4 Å². The quantitative estimate of drug-likeness (QED) is 0.811. The lowest BCUT2D eigenvalue weighted by molar-refractivity contribution is 0.0937. The monoisotopic (exact) mass is 362 g/mol. The molecule has 1 heterocycles. The summed E-state index contributed by atoms with van der Waals surface area (Å²) in [5, 5.41) is 2.78. The summed E-state index contributed by atoms with van der Waals surface area (Å²) in [5.74, 6) is -0.313. The molecule has 0 spiro atoms. The topological polar surface area (TPSA) is 62.0 Å². The van der Waals surface area contributed by atoms with Crippen molar-refractivity contribution >= 4 is 28.5 Å². The Morgan fingerprint density at radius 3 is 2.56 bits per heavy atom. The van der Waals surface area contributed by atoms with Crippen LogP contribution in [0.25, 0.3) is 0 Å². The van der Waals surface area contributed by atoms with Crippen molar-refractivity contribution in [2.45, 2.75) is 34.1 Å². The van der Waals surface area contributed by atoms with E-state index in [0.717, 1.165) is 15.7 Å². The highest BCUT2D eigenvalue weighted by atomic mass is 127. The summed E-state index contributed by atoms with van der Waals surface area (Å²) in [6.07, 6.45) is 0.747. The van der Waals surface area contributed by atoms with Crippen LogP contribution in [0.5, 0.6) is 0 Å². The van der Waals surface area contributed by atoms with E-state index in [9.17, 15) is 9.59 Å². The number of rotatable bonds is 3. The summed E-state index contributed by atoms with van der Waals surface area (Å²) in [5.41, 5.74) is 0.728. The molecule has 0 aliphatic rings. The second-order valence-electron chi connectivity index (χ2n) is 5.44. The summed E-state index contributed by atoms with van der Waals surface area (Å²) >= 11 is 2.13. The summed E-state index contributed by atoms with van der Waals surface area (Å²) in [4.78, 5) is 26.5. The maximum absolute atomic E-state index is 11.9. The van der Waals surface area contributed by atoms with Gasteiger partial charge in [-0.1, -0.05) is 27.7 Å². The lowest BCUT2D eigenvalue weighted by Gasteiger charge is -2.18. The van der Waals surface area contributed by atoms with Crippen molar-refractivity contribution in [3.63, 3.8) is 0 Å². The molecule has 0 fully saturated rings. The molecular weight excluding hydrogens is 343 g/mol. The van der Waals surface area contributed by atoms with E-state index in [1.54, 1.807) is 6.07 Å². The van der Waals surface area contributed by atoms with Crippen LogP contribution in [0.2, 0.25) is 0 Å². The molecule has 0 saturated heterocycles. The molecule has 18 heavy (non-hydrogen) atoms. The second kappa shape index (κ2) is 5.86. The second-order valence-corrected chi connectivity index (χ2v) is 6.60. The predicted molar refractivity (Wildman–Crippen MR) is 80.9 cm³/mol. The van der Waals surface area contributed by atoms with Gasteiger partial charge in [0.2, 0.25) is 0 Å². The van der Waals surface area contributed by atoms with Gasteiger partial charge < -0.3 is 10.3 Å². The maximum atomic E-state index is 11.9. The zero-order valence-electron chi connectivity index (χ0n) is 11.2. The first-order valence-corrected chi connectivity index (χ1v) is 7.02. The summed E-state index contributed by atoms with van der Waals surface area (Å²) in [6.45, 7) is 8.59. The molecular formula is C13H19IN2O2. The fraction of sp³-hybridized carbons (Fsp3) is 0.538. The van der Waals surface area contributed by atoms with Crippen molar-refractivity contribution in [2.75, 3.05) is 6.54 Å². The third-order valence-electron chi connectivity index (χ3n) is 2.45. The average molecular weight is 362 g/mol. The summed E-state index contributed by atoms with van der Waals surface area (Å²) in [7, 11) is 0. The Morgan fingerprint density at radius 1 is 1.44 bits per heavy atom. The minimum Gasteiger partial charge on any atom is -0.351 e. The summed E-state index contributed by atoms with van der Waals surface area (Å²) in [6, 6.07) is 1.65. The molecule has 0 saturated carbocycles. The van der Waals surface area contributed by atoms with Gasteiger partial charge in [-0.15, -0.1) is 0 Å². The Morgan fingerprint density at radius 2 is 2.06 bits per heavy atom. The molecule has 100 valence electrons. The fourth-order valence-corrected chi connectivity index (χ4v) is 2.24. The molecule has 0 unspecified atom stereocenters. The number of halogens is 1. The van der Waals surface area contributed by atoms with E-state index in [1.165, 1.54) is 0 Å². The highest BCUT2D eigenvalue weighted by Crippen LogP contribution is 2.12. The number of carbonyl (C=O) groups excluding carboxylic acids is 1. The smallest absolute Gasteiger partial charge is 0.261 e. The van der Waals surface area contributed by atoms with Crippen LogP contribution in [0.4, 0.5) is 0 Å². The van der Waals surface area contributed by atoms with Gasteiger partial charge in [0.25, 0.3) is 11.5 Å². The molecule has 0 radical (unpaired) electrons. The van der Waals surface area contributed by atoms with Crippen molar-refractivity contribution in [1.29, 1.82) is 0 Å². The Labute approximate surface area is 121 Å². The van der Waals surface area contributed by atoms with Gasteiger partial charge in [0, 0.05) is 15.8 Å². The molecule has 5 heteroatoms. The Hall–Kier alpha value is -0.850. The van der Waals surface area contributed by atoms with Crippen LogP contribution in [-0.4, -0.2) is 17.4 Å². The van der Waals surface area contributed by atoms with Crippen LogP contribution in [0.3, 0.4) is 0 Å². The molecule has 0 aliphatic heterocycles. The summed E-state index contributed by atoms with van der Waals surface area (Å²) < 4.78 is 0.913. The molecule has 1 rings (SSSR count). The minimum atomic E-state index is -0.321. The Bertz CT molecular complexity index is 501. The molecule has 0 bridgehead atoms. The van der Waals surface area contributed by atoms with Gasteiger partial charge in [0.1, 0.15) is 5.56 Å². The van der Waals surface area contributed by atoms with Gasteiger partial charge >= 0.3 is 0 Å².